The first-order valence-electron chi connectivity index (χ1n) is 6.45. The Morgan fingerprint density at radius 1 is 1.33 bits per heavy atom. The van der Waals surface area contributed by atoms with Crippen LogP contribution in [0.1, 0.15) is 47.2 Å². The van der Waals surface area contributed by atoms with Gasteiger partial charge in [0.15, 0.2) is 0 Å². The van der Waals surface area contributed by atoms with E-state index < -0.39 is 0 Å². The van der Waals surface area contributed by atoms with Crippen molar-refractivity contribution >= 4 is 11.5 Å². The van der Waals surface area contributed by atoms with Crippen LogP contribution in [0.25, 0.3) is 5.57 Å². The zero-order valence-corrected chi connectivity index (χ0v) is 10.5. The average molecular weight is 245 g/mol. The highest BCUT2D eigenvalue weighted by atomic mass is 16.2. The van der Waals surface area contributed by atoms with E-state index in [-0.39, 0.29) is 12.5 Å². The predicted octanol–water partition coefficient (Wildman–Crippen LogP) is 2.28. The van der Waals surface area contributed by atoms with Crippen molar-refractivity contribution in [3.05, 3.63) is 41.0 Å². The number of carbonyl (C=O) groups excluding carboxylic acids is 1. The molecule has 2 rings (SSSR count). The van der Waals surface area contributed by atoms with Crippen LogP contribution in [0.4, 0.5) is 0 Å². The summed E-state index contributed by atoms with van der Waals surface area (Å²) in [5.41, 5.74) is 9.23. The van der Waals surface area contributed by atoms with Gasteiger partial charge in [0.1, 0.15) is 0 Å². The van der Waals surface area contributed by atoms with E-state index in [1.165, 1.54) is 12.0 Å². The number of primary amides is 1. The first-order chi connectivity index (χ1) is 8.72. The Morgan fingerprint density at radius 2 is 2.17 bits per heavy atom. The van der Waals surface area contributed by atoms with E-state index in [2.05, 4.69) is 6.08 Å². The third-order valence-corrected chi connectivity index (χ3v) is 3.39. The van der Waals surface area contributed by atoms with Gasteiger partial charge in [-0.05, 0) is 54.9 Å². The first-order valence-corrected chi connectivity index (χ1v) is 6.45. The Balaban J connectivity index is 2.42. The number of hydrogen-bond donors (Lipinski definition) is 2. The highest BCUT2D eigenvalue weighted by Gasteiger charge is 2.14. The van der Waals surface area contributed by atoms with Crippen molar-refractivity contribution in [2.75, 3.05) is 6.61 Å². The molecule has 0 radical (unpaired) electrons. The fourth-order valence-corrected chi connectivity index (χ4v) is 2.44. The van der Waals surface area contributed by atoms with E-state index in [0.29, 0.717) is 12.0 Å². The summed E-state index contributed by atoms with van der Waals surface area (Å²) in [5.74, 6) is -0.382. The molecule has 0 spiro atoms. The number of allylic oxidation sites excluding steroid dienone is 2. The highest BCUT2D eigenvalue weighted by Crippen LogP contribution is 2.29. The van der Waals surface area contributed by atoms with E-state index >= 15 is 0 Å². The quantitative estimate of drug-likeness (QED) is 0.854. The molecule has 1 aromatic rings. The summed E-state index contributed by atoms with van der Waals surface area (Å²) < 4.78 is 0. The molecule has 1 aromatic carbocycles. The molecule has 0 fully saturated rings. The maximum atomic E-state index is 11.5. The number of aliphatic hydroxyl groups is 1. The molecule has 0 saturated carbocycles. The van der Waals surface area contributed by atoms with Gasteiger partial charge in [-0.25, -0.2) is 0 Å². The SMILES string of the molecule is NC(=O)c1ccc(CCO)cc1C1=CCCCC1. The Hall–Kier alpha value is -1.61. The standard InChI is InChI=1S/C15H19NO2/c16-15(18)13-7-6-11(8-9-17)10-14(13)12-4-2-1-3-5-12/h4,6-7,10,17H,1-3,5,8-9H2,(H2,16,18). The van der Waals surface area contributed by atoms with Gasteiger partial charge in [-0.2, -0.15) is 0 Å². The molecule has 1 aliphatic rings. The molecule has 0 unspecified atom stereocenters. The molecule has 0 saturated heterocycles. The first kappa shape index (κ1) is 12.8. The molecule has 1 aliphatic carbocycles. The summed E-state index contributed by atoms with van der Waals surface area (Å²) in [6.45, 7) is 0.119. The normalized spacial score (nSPS) is 15.3. The lowest BCUT2D eigenvalue weighted by atomic mass is 9.89. The van der Waals surface area contributed by atoms with E-state index in [1.807, 2.05) is 12.1 Å². The van der Waals surface area contributed by atoms with Crippen molar-refractivity contribution in [3.63, 3.8) is 0 Å². The van der Waals surface area contributed by atoms with Crippen LogP contribution in [-0.2, 0) is 6.42 Å². The van der Waals surface area contributed by atoms with Gasteiger partial charge in [-0.15, -0.1) is 0 Å². The predicted molar refractivity (Wildman–Crippen MR) is 72.2 cm³/mol. The van der Waals surface area contributed by atoms with Crippen LogP contribution in [0.5, 0.6) is 0 Å². The molecule has 0 atom stereocenters. The fourth-order valence-electron chi connectivity index (χ4n) is 2.44. The highest BCUT2D eigenvalue weighted by molar-refractivity contribution is 5.98. The van der Waals surface area contributed by atoms with Gasteiger partial charge < -0.3 is 10.8 Å². The van der Waals surface area contributed by atoms with Gasteiger partial charge >= 0.3 is 0 Å². The second-order valence-electron chi connectivity index (χ2n) is 4.69. The number of carbonyl (C=O) groups is 1. The van der Waals surface area contributed by atoms with Gasteiger partial charge in [0.25, 0.3) is 0 Å². The van der Waals surface area contributed by atoms with Crippen molar-refractivity contribution in [1.29, 1.82) is 0 Å². The Labute approximate surface area is 107 Å². The maximum Gasteiger partial charge on any atom is 0.249 e. The van der Waals surface area contributed by atoms with Crippen molar-refractivity contribution in [1.82, 2.24) is 0 Å². The minimum atomic E-state index is -0.382. The molecule has 96 valence electrons. The zero-order chi connectivity index (χ0) is 13.0. The lowest BCUT2D eigenvalue weighted by molar-refractivity contribution is 0.1000. The van der Waals surface area contributed by atoms with E-state index in [0.717, 1.165) is 30.4 Å². The minimum Gasteiger partial charge on any atom is -0.396 e. The van der Waals surface area contributed by atoms with Crippen molar-refractivity contribution < 1.29 is 9.90 Å². The van der Waals surface area contributed by atoms with Gasteiger partial charge in [0, 0.05) is 12.2 Å². The van der Waals surface area contributed by atoms with Crippen molar-refractivity contribution in [2.45, 2.75) is 32.1 Å². The van der Waals surface area contributed by atoms with E-state index in [1.54, 1.807) is 6.07 Å². The zero-order valence-electron chi connectivity index (χ0n) is 10.5. The van der Waals surface area contributed by atoms with Gasteiger partial charge in [0.2, 0.25) is 5.91 Å². The van der Waals surface area contributed by atoms with Crippen LogP contribution in [0.15, 0.2) is 24.3 Å². The van der Waals surface area contributed by atoms with Gasteiger partial charge in [0.05, 0.1) is 0 Å². The van der Waals surface area contributed by atoms with Crippen molar-refractivity contribution in [3.8, 4) is 0 Å². The molecule has 3 N–H and O–H groups in total. The van der Waals surface area contributed by atoms with Crippen LogP contribution in [-0.4, -0.2) is 17.6 Å². The molecule has 0 aromatic heterocycles. The van der Waals surface area contributed by atoms with E-state index in [9.17, 15) is 4.79 Å². The third kappa shape index (κ3) is 2.79. The number of hydrogen-bond acceptors (Lipinski definition) is 2. The third-order valence-electron chi connectivity index (χ3n) is 3.39. The Bertz CT molecular complexity index is 477. The molecule has 1 amide bonds. The van der Waals surface area contributed by atoms with Gasteiger partial charge in [-0.1, -0.05) is 18.2 Å². The average Bonchev–Trinajstić information content (AvgIpc) is 2.40. The molecule has 0 heterocycles. The summed E-state index contributed by atoms with van der Waals surface area (Å²) in [5, 5.41) is 8.99. The number of amides is 1. The summed E-state index contributed by atoms with van der Waals surface area (Å²) in [6, 6.07) is 5.63. The summed E-state index contributed by atoms with van der Waals surface area (Å²) in [4.78, 5) is 11.5. The number of nitrogens with two attached hydrogens (primary N) is 1. The summed E-state index contributed by atoms with van der Waals surface area (Å²) in [6.07, 6.45) is 7.26. The van der Waals surface area contributed by atoms with Crippen LogP contribution < -0.4 is 5.73 Å². The Morgan fingerprint density at radius 3 is 2.78 bits per heavy atom. The summed E-state index contributed by atoms with van der Waals surface area (Å²) in [7, 11) is 0. The molecular formula is C15H19NO2. The molecule has 18 heavy (non-hydrogen) atoms. The molecule has 0 aliphatic heterocycles. The van der Waals surface area contributed by atoms with E-state index in [4.69, 9.17) is 10.8 Å². The van der Waals surface area contributed by atoms with Crippen LogP contribution in [0.3, 0.4) is 0 Å². The number of benzene rings is 1. The van der Waals surface area contributed by atoms with Crippen molar-refractivity contribution in [2.24, 2.45) is 5.73 Å². The monoisotopic (exact) mass is 245 g/mol. The second kappa shape index (κ2) is 5.83. The number of rotatable bonds is 4. The topological polar surface area (TPSA) is 63.3 Å². The van der Waals surface area contributed by atoms with Crippen LogP contribution in [0, 0.1) is 0 Å². The maximum absolute atomic E-state index is 11.5. The van der Waals surface area contributed by atoms with Crippen LogP contribution in [0.2, 0.25) is 0 Å². The summed E-state index contributed by atoms with van der Waals surface area (Å²) >= 11 is 0. The molecule has 3 nitrogen and oxygen atoms in total. The largest absolute Gasteiger partial charge is 0.396 e. The van der Waals surface area contributed by atoms with Gasteiger partial charge in [-0.3, -0.25) is 4.79 Å². The van der Waals surface area contributed by atoms with Crippen LogP contribution >= 0.6 is 0 Å². The molecule has 3 heteroatoms. The Kier molecular flexibility index (Phi) is 4.15. The fraction of sp³-hybridized carbons (Fsp3) is 0.400. The number of aliphatic hydroxyl groups excluding tert-OH is 1. The molecule has 0 bridgehead atoms. The lowest BCUT2D eigenvalue weighted by Gasteiger charge is -2.16. The smallest absolute Gasteiger partial charge is 0.249 e. The molecular weight excluding hydrogens is 226 g/mol. The second-order valence-corrected chi connectivity index (χ2v) is 4.69. The minimum absolute atomic E-state index is 0.119. The lowest BCUT2D eigenvalue weighted by Crippen LogP contribution is -2.14.